The van der Waals surface area contributed by atoms with Gasteiger partial charge in [0.15, 0.2) is 0 Å². The largest absolute Gasteiger partial charge is 0.494 e. The van der Waals surface area contributed by atoms with Gasteiger partial charge in [-0.2, -0.15) is 0 Å². The van der Waals surface area contributed by atoms with Crippen LogP contribution >= 0.6 is 11.8 Å². The molecule has 0 fully saturated rings. The molecule has 0 spiro atoms. The number of benzene rings is 2. The third kappa shape index (κ3) is 4.04. The van der Waals surface area contributed by atoms with Crippen molar-refractivity contribution in [3.05, 3.63) is 59.7 Å². The Morgan fingerprint density at radius 2 is 1.86 bits per heavy atom. The molecule has 1 atom stereocenters. The summed E-state index contributed by atoms with van der Waals surface area (Å²) in [5.74, 6) is 0.795. The highest BCUT2D eigenvalue weighted by Crippen LogP contribution is 2.22. The molecule has 0 bridgehead atoms. The Bertz CT molecular complexity index is 625. The monoisotopic (exact) mass is 315 g/mol. The van der Waals surface area contributed by atoms with Crippen molar-refractivity contribution in [1.29, 1.82) is 0 Å². The highest BCUT2D eigenvalue weighted by atomic mass is 32.2. The topological polar surface area (TPSA) is 38.3 Å². The lowest BCUT2D eigenvalue weighted by Crippen LogP contribution is -2.27. The minimum absolute atomic E-state index is 0.0497. The summed E-state index contributed by atoms with van der Waals surface area (Å²) < 4.78 is 5.43. The molecule has 0 radical (unpaired) electrons. The number of thioether (sulfide) groups is 1. The van der Waals surface area contributed by atoms with Crippen LogP contribution in [-0.2, 0) is 0 Å². The summed E-state index contributed by atoms with van der Waals surface area (Å²) >= 11 is 1.58. The molecule has 0 aliphatic rings. The van der Waals surface area contributed by atoms with E-state index in [2.05, 4.69) is 5.32 Å². The maximum atomic E-state index is 12.4. The highest BCUT2D eigenvalue weighted by molar-refractivity contribution is 7.98. The summed E-state index contributed by atoms with van der Waals surface area (Å²) in [6.45, 7) is 4.59. The van der Waals surface area contributed by atoms with E-state index in [0.29, 0.717) is 12.2 Å². The lowest BCUT2D eigenvalue weighted by molar-refractivity contribution is 0.0937. The molecule has 2 aromatic carbocycles. The van der Waals surface area contributed by atoms with Crippen molar-refractivity contribution >= 4 is 17.7 Å². The van der Waals surface area contributed by atoms with Crippen molar-refractivity contribution in [2.75, 3.05) is 12.9 Å². The van der Waals surface area contributed by atoms with Crippen LogP contribution < -0.4 is 10.1 Å². The summed E-state index contributed by atoms with van der Waals surface area (Å²) in [4.78, 5) is 13.4. The average molecular weight is 315 g/mol. The summed E-state index contributed by atoms with van der Waals surface area (Å²) in [6.07, 6.45) is 1.97. The summed E-state index contributed by atoms with van der Waals surface area (Å²) in [5, 5.41) is 3.05. The van der Waals surface area contributed by atoms with E-state index >= 15 is 0 Å². The van der Waals surface area contributed by atoms with Crippen molar-refractivity contribution in [3.8, 4) is 5.75 Å². The number of carbonyl (C=O) groups is 1. The third-order valence-corrected chi connectivity index (χ3v) is 4.19. The zero-order valence-electron chi connectivity index (χ0n) is 13.1. The Balaban J connectivity index is 2.07. The Morgan fingerprint density at radius 1 is 1.18 bits per heavy atom. The van der Waals surface area contributed by atoms with Crippen molar-refractivity contribution in [1.82, 2.24) is 5.32 Å². The molecule has 0 aliphatic heterocycles. The van der Waals surface area contributed by atoms with E-state index in [9.17, 15) is 4.79 Å². The minimum Gasteiger partial charge on any atom is -0.494 e. The molecule has 0 aliphatic carbocycles. The molecular weight excluding hydrogens is 294 g/mol. The standard InChI is InChI=1S/C18H21NO2S/c1-4-21-15-11-9-14(10-12-15)13(2)19-18(20)16-7-5-6-8-17(16)22-3/h5-13H,4H2,1-3H3,(H,19,20). The molecule has 0 saturated carbocycles. The van der Waals surface area contributed by atoms with E-state index in [0.717, 1.165) is 16.2 Å². The van der Waals surface area contributed by atoms with Crippen LogP contribution in [0.4, 0.5) is 0 Å². The number of ether oxygens (including phenoxy) is 1. The molecule has 3 nitrogen and oxygen atoms in total. The normalized spacial score (nSPS) is 11.8. The predicted octanol–water partition coefficient (Wildman–Crippen LogP) is 4.30. The van der Waals surface area contributed by atoms with Crippen molar-refractivity contribution in [3.63, 3.8) is 0 Å². The van der Waals surface area contributed by atoms with Crippen LogP contribution in [0.1, 0.15) is 35.8 Å². The van der Waals surface area contributed by atoms with Crippen LogP contribution in [0.3, 0.4) is 0 Å². The second kappa shape index (κ2) is 7.90. The molecule has 0 saturated heterocycles. The van der Waals surface area contributed by atoms with Crippen LogP contribution in [0.2, 0.25) is 0 Å². The fourth-order valence-electron chi connectivity index (χ4n) is 2.21. The first-order valence-electron chi connectivity index (χ1n) is 7.32. The van der Waals surface area contributed by atoms with Gasteiger partial charge in [0.1, 0.15) is 5.75 Å². The number of hydrogen-bond acceptors (Lipinski definition) is 3. The van der Waals surface area contributed by atoms with E-state index in [-0.39, 0.29) is 11.9 Å². The molecule has 0 heterocycles. The second-order valence-electron chi connectivity index (χ2n) is 4.90. The van der Waals surface area contributed by atoms with Crippen molar-refractivity contribution in [2.24, 2.45) is 0 Å². The van der Waals surface area contributed by atoms with Crippen molar-refractivity contribution < 1.29 is 9.53 Å². The van der Waals surface area contributed by atoms with Gasteiger partial charge in [-0.05, 0) is 49.9 Å². The van der Waals surface area contributed by atoms with Gasteiger partial charge in [-0.15, -0.1) is 11.8 Å². The fraction of sp³-hybridized carbons (Fsp3) is 0.278. The predicted molar refractivity (Wildman–Crippen MR) is 91.7 cm³/mol. The van der Waals surface area contributed by atoms with Gasteiger partial charge in [0.05, 0.1) is 18.2 Å². The number of hydrogen-bond donors (Lipinski definition) is 1. The summed E-state index contributed by atoms with van der Waals surface area (Å²) in [7, 11) is 0. The SMILES string of the molecule is CCOc1ccc(C(C)NC(=O)c2ccccc2SC)cc1. The second-order valence-corrected chi connectivity index (χ2v) is 5.75. The number of carbonyl (C=O) groups excluding carboxylic acids is 1. The van der Waals surface area contributed by atoms with Gasteiger partial charge in [0.2, 0.25) is 0 Å². The van der Waals surface area contributed by atoms with Gasteiger partial charge in [0.25, 0.3) is 5.91 Å². The summed E-state index contributed by atoms with van der Waals surface area (Å²) in [6, 6.07) is 15.4. The van der Waals surface area contributed by atoms with Crippen LogP contribution in [0.5, 0.6) is 5.75 Å². The Kier molecular flexibility index (Phi) is 5.90. The van der Waals surface area contributed by atoms with Gasteiger partial charge in [-0.3, -0.25) is 4.79 Å². The van der Waals surface area contributed by atoms with Crippen LogP contribution in [0, 0.1) is 0 Å². The Labute approximate surface area is 136 Å². The molecule has 116 valence electrons. The molecule has 1 unspecified atom stereocenters. The van der Waals surface area contributed by atoms with Crippen LogP contribution in [-0.4, -0.2) is 18.8 Å². The smallest absolute Gasteiger partial charge is 0.252 e. The van der Waals surface area contributed by atoms with Gasteiger partial charge >= 0.3 is 0 Å². The van der Waals surface area contributed by atoms with E-state index in [1.165, 1.54) is 0 Å². The summed E-state index contributed by atoms with van der Waals surface area (Å²) in [5.41, 5.74) is 1.77. The first-order valence-corrected chi connectivity index (χ1v) is 8.54. The zero-order chi connectivity index (χ0) is 15.9. The molecule has 1 amide bonds. The number of amides is 1. The maximum Gasteiger partial charge on any atom is 0.252 e. The molecule has 22 heavy (non-hydrogen) atoms. The molecule has 2 rings (SSSR count). The van der Waals surface area contributed by atoms with E-state index < -0.39 is 0 Å². The van der Waals surface area contributed by atoms with Crippen LogP contribution in [0.25, 0.3) is 0 Å². The van der Waals surface area contributed by atoms with Gasteiger partial charge in [-0.25, -0.2) is 0 Å². The molecule has 0 aromatic heterocycles. The Morgan fingerprint density at radius 3 is 2.50 bits per heavy atom. The lowest BCUT2D eigenvalue weighted by atomic mass is 10.1. The number of nitrogens with one attached hydrogen (secondary N) is 1. The zero-order valence-corrected chi connectivity index (χ0v) is 13.9. The Hall–Kier alpha value is -1.94. The van der Waals surface area contributed by atoms with Gasteiger partial charge in [-0.1, -0.05) is 24.3 Å². The molecular formula is C18H21NO2S. The first kappa shape index (κ1) is 16.4. The number of rotatable bonds is 6. The van der Waals surface area contributed by atoms with Crippen molar-refractivity contribution in [2.45, 2.75) is 24.8 Å². The molecule has 2 aromatic rings. The van der Waals surface area contributed by atoms with E-state index in [1.807, 2.05) is 68.6 Å². The lowest BCUT2D eigenvalue weighted by Gasteiger charge is -2.16. The van der Waals surface area contributed by atoms with Gasteiger partial charge < -0.3 is 10.1 Å². The molecule has 4 heteroatoms. The fourth-order valence-corrected chi connectivity index (χ4v) is 2.80. The van der Waals surface area contributed by atoms with Gasteiger partial charge in [0, 0.05) is 4.90 Å². The van der Waals surface area contributed by atoms with Crippen LogP contribution in [0.15, 0.2) is 53.4 Å². The maximum absolute atomic E-state index is 12.4. The minimum atomic E-state index is -0.0573. The average Bonchev–Trinajstić information content (AvgIpc) is 2.55. The molecule has 1 N–H and O–H groups in total. The first-order chi connectivity index (χ1) is 10.7. The quantitative estimate of drug-likeness (QED) is 0.808. The highest BCUT2D eigenvalue weighted by Gasteiger charge is 2.14. The van der Waals surface area contributed by atoms with E-state index in [1.54, 1.807) is 11.8 Å². The van der Waals surface area contributed by atoms with E-state index in [4.69, 9.17) is 4.74 Å². The third-order valence-electron chi connectivity index (χ3n) is 3.39.